The number of benzene rings is 1. The van der Waals surface area contributed by atoms with Crippen molar-refractivity contribution < 1.29 is 22.7 Å². The molecule has 0 bridgehead atoms. The third-order valence-corrected chi connectivity index (χ3v) is 3.02. The fourth-order valence-electron chi connectivity index (χ4n) is 1.53. The predicted molar refractivity (Wildman–Crippen MR) is 79.9 cm³/mol. The first-order chi connectivity index (χ1) is 9.70. The number of halogens is 4. The fraction of sp³-hybridized carbons (Fsp3) is 0.500. The largest absolute Gasteiger partial charge is 0.484 e. The van der Waals surface area contributed by atoms with Gasteiger partial charge >= 0.3 is 6.18 Å². The number of hydrogen-bond donors (Lipinski definition) is 2. The standard InChI is InChI=1S/C14H19F3N2O2.ClH/c1-9(10(2)18)13(20)19-7-11-5-3-4-6-12(11)21-8-14(15,16)17;/h3-6,9-10H,7-8,18H2,1-2H3,(H,19,20);1H. The average molecular weight is 341 g/mol. The Morgan fingerprint density at radius 1 is 1.32 bits per heavy atom. The quantitative estimate of drug-likeness (QED) is 0.836. The fourth-order valence-corrected chi connectivity index (χ4v) is 1.53. The van der Waals surface area contributed by atoms with Gasteiger partial charge < -0.3 is 15.8 Å². The first-order valence-electron chi connectivity index (χ1n) is 6.51. The molecule has 3 N–H and O–H groups in total. The number of ether oxygens (including phenoxy) is 1. The minimum atomic E-state index is -4.40. The normalized spacial score (nSPS) is 13.7. The maximum Gasteiger partial charge on any atom is 0.422 e. The molecular weight excluding hydrogens is 321 g/mol. The van der Waals surface area contributed by atoms with Gasteiger partial charge in [-0.3, -0.25) is 4.79 Å². The van der Waals surface area contributed by atoms with E-state index in [1.54, 1.807) is 32.0 Å². The van der Waals surface area contributed by atoms with Crippen LogP contribution in [-0.4, -0.2) is 24.7 Å². The molecule has 0 aliphatic heterocycles. The molecule has 0 aliphatic carbocycles. The van der Waals surface area contributed by atoms with Crippen molar-refractivity contribution in [1.82, 2.24) is 5.32 Å². The van der Waals surface area contributed by atoms with Gasteiger partial charge in [0.25, 0.3) is 0 Å². The number of amides is 1. The van der Waals surface area contributed by atoms with E-state index >= 15 is 0 Å². The lowest BCUT2D eigenvalue weighted by atomic mass is 10.0. The summed E-state index contributed by atoms with van der Waals surface area (Å²) in [5.41, 5.74) is 6.10. The van der Waals surface area contributed by atoms with E-state index in [9.17, 15) is 18.0 Å². The molecule has 1 amide bonds. The highest BCUT2D eigenvalue weighted by atomic mass is 35.5. The van der Waals surface area contributed by atoms with E-state index in [4.69, 9.17) is 10.5 Å². The molecule has 0 spiro atoms. The Balaban J connectivity index is 0.00000441. The Hall–Kier alpha value is -1.47. The second-order valence-electron chi connectivity index (χ2n) is 4.88. The minimum absolute atomic E-state index is 0. The van der Waals surface area contributed by atoms with Gasteiger partial charge in [-0.05, 0) is 13.0 Å². The van der Waals surface area contributed by atoms with E-state index in [2.05, 4.69) is 5.32 Å². The molecule has 2 atom stereocenters. The number of carbonyl (C=O) groups is 1. The summed E-state index contributed by atoms with van der Waals surface area (Å²) in [6.45, 7) is 2.12. The Bertz CT molecular complexity index is 481. The van der Waals surface area contributed by atoms with Crippen LogP contribution in [0.1, 0.15) is 19.4 Å². The van der Waals surface area contributed by atoms with Crippen molar-refractivity contribution in [2.75, 3.05) is 6.61 Å². The van der Waals surface area contributed by atoms with Crippen molar-refractivity contribution in [3.05, 3.63) is 29.8 Å². The number of alkyl halides is 3. The molecule has 4 nitrogen and oxygen atoms in total. The monoisotopic (exact) mass is 340 g/mol. The summed E-state index contributed by atoms with van der Waals surface area (Å²) < 4.78 is 41.3. The highest BCUT2D eigenvalue weighted by Crippen LogP contribution is 2.22. The van der Waals surface area contributed by atoms with Crippen molar-refractivity contribution in [2.24, 2.45) is 11.7 Å². The molecule has 8 heteroatoms. The Morgan fingerprint density at radius 2 is 1.91 bits per heavy atom. The van der Waals surface area contributed by atoms with E-state index in [1.807, 2.05) is 0 Å². The predicted octanol–water partition coefficient (Wildman–Crippen LogP) is 2.65. The van der Waals surface area contributed by atoms with Crippen molar-refractivity contribution in [2.45, 2.75) is 32.6 Å². The summed E-state index contributed by atoms with van der Waals surface area (Å²) >= 11 is 0. The molecular formula is C14H20ClF3N2O2. The third kappa shape index (κ3) is 7.00. The molecule has 1 rings (SSSR count). The topological polar surface area (TPSA) is 64.4 Å². The van der Waals surface area contributed by atoms with Crippen LogP contribution >= 0.6 is 12.4 Å². The van der Waals surface area contributed by atoms with E-state index in [0.29, 0.717) is 5.56 Å². The van der Waals surface area contributed by atoms with E-state index < -0.39 is 12.8 Å². The van der Waals surface area contributed by atoms with Crippen LogP contribution in [0.2, 0.25) is 0 Å². The number of para-hydroxylation sites is 1. The van der Waals surface area contributed by atoms with Gasteiger partial charge in [0.1, 0.15) is 5.75 Å². The highest BCUT2D eigenvalue weighted by Gasteiger charge is 2.28. The SMILES string of the molecule is CC(N)C(C)C(=O)NCc1ccccc1OCC(F)(F)F.Cl. The molecule has 0 radical (unpaired) electrons. The van der Waals surface area contributed by atoms with Crippen LogP contribution in [0, 0.1) is 5.92 Å². The number of nitrogens with one attached hydrogen (secondary N) is 1. The van der Waals surface area contributed by atoms with Gasteiger partial charge in [0, 0.05) is 24.1 Å². The minimum Gasteiger partial charge on any atom is -0.484 e. The van der Waals surface area contributed by atoms with Gasteiger partial charge in [0.2, 0.25) is 5.91 Å². The zero-order chi connectivity index (χ0) is 16.0. The molecule has 0 aromatic heterocycles. The lowest BCUT2D eigenvalue weighted by molar-refractivity contribution is -0.153. The molecule has 22 heavy (non-hydrogen) atoms. The van der Waals surface area contributed by atoms with Gasteiger partial charge in [-0.2, -0.15) is 13.2 Å². The summed E-state index contributed by atoms with van der Waals surface area (Å²) in [5, 5.41) is 2.64. The maximum atomic E-state index is 12.2. The molecule has 0 fully saturated rings. The van der Waals surface area contributed by atoms with E-state index in [1.165, 1.54) is 6.07 Å². The first kappa shape index (κ1) is 20.5. The van der Waals surface area contributed by atoms with Crippen LogP contribution in [0.25, 0.3) is 0 Å². The van der Waals surface area contributed by atoms with Crippen LogP contribution in [0.4, 0.5) is 13.2 Å². The average Bonchev–Trinajstić information content (AvgIpc) is 2.41. The summed E-state index contributed by atoms with van der Waals surface area (Å²) in [7, 11) is 0. The zero-order valence-electron chi connectivity index (χ0n) is 12.3. The lowest BCUT2D eigenvalue weighted by Crippen LogP contribution is -2.38. The van der Waals surface area contributed by atoms with Crippen LogP contribution in [0.15, 0.2) is 24.3 Å². The third-order valence-electron chi connectivity index (χ3n) is 3.02. The number of rotatable bonds is 6. The number of nitrogens with two attached hydrogens (primary N) is 1. The summed E-state index contributed by atoms with van der Waals surface area (Å²) in [4.78, 5) is 11.8. The molecule has 0 heterocycles. The Morgan fingerprint density at radius 3 is 2.45 bits per heavy atom. The number of hydrogen-bond acceptors (Lipinski definition) is 3. The molecule has 1 aromatic rings. The smallest absolute Gasteiger partial charge is 0.422 e. The van der Waals surface area contributed by atoms with Gasteiger partial charge in [-0.15, -0.1) is 12.4 Å². The Labute approximate surface area is 133 Å². The molecule has 0 saturated heterocycles. The van der Waals surface area contributed by atoms with Crippen LogP contribution in [-0.2, 0) is 11.3 Å². The van der Waals surface area contributed by atoms with E-state index in [0.717, 1.165) is 0 Å². The molecule has 0 saturated carbocycles. The second-order valence-corrected chi connectivity index (χ2v) is 4.88. The molecule has 0 aliphatic rings. The zero-order valence-corrected chi connectivity index (χ0v) is 13.1. The summed E-state index contributed by atoms with van der Waals surface area (Å²) in [5.74, 6) is -0.535. The van der Waals surface area contributed by atoms with Crippen molar-refractivity contribution >= 4 is 18.3 Å². The molecule has 1 aromatic carbocycles. The van der Waals surface area contributed by atoms with Gasteiger partial charge in [-0.1, -0.05) is 25.1 Å². The lowest BCUT2D eigenvalue weighted by Gasteiger charge is -2.17. The molecule has 126 valence electrons. The number of carbonyl (C=O) groups excluding carboxylic acids is 1. The van der Waals surface area contributed by atoms with Crippen LogP contribution in [0.3, 0.4) is 0 Å². The van der Waals surface area contributed by atoms with Crippen molar-refractivity contribution in [1.29, 1.82) is 0 Å². The molecule has 2 unspecified atom stereocenters. The summed E-state index contributed by atoms with van der Waals surface area (Å²) in [6, 6.07) is 5.96. The van der Waals surface area contributed by atoms with Crippen molar-refractivity contribution in [3.63, 3.8) is 0 Å². The highest BCUT2D eigenvalue weighted by molar-refractivity contribution is 5.85. The first-order valence-corrected chi connectivity index (χ1v) is 6.51. The second kappa shape index (κ2) is 8.85. The van der Waals surface area contributed by atoms with Crippen LogP contribution < -0.4 is 15.8 Å². The van der Waals surface area contributed by atoms with Gasteiger partial charge in [0.05, 0.1) is 0 Å². The maximum absolute atomic E-state index is 12.2. The van der Waals surface area contributed by atoms with Crippen molar-refractivity contribution in [3.8, 4) is 5.75 Å². The van der Waals surface area contributed by atoms with Gasteiger partial charge in [0.15, 0.2) is 6.61 Å². The van der Waals surface area contributed by atoms with Gasteiger partial charge in [-0.25, -0.2) is 0 Å². The Kier molecular flexibility index (Phi) is 8.26. The van der Waals surface area contributed by atoms with Crippen LogP contribution in [0.5, 0.6) is 5.75 Å². The summed E-state index contributed by atoms with van der Waals surface area (Å²) in [6.07, 6.45) is -4.40. The van der Waals surface area contributed by atoms with E-state index in [-0.39, 0.29) is 42.6 Å².